The summed E-state index contributed by atoms with van der Waals surface area (Å²) in [5.74, 6) is 0.799. The number of rotatable bonds is 3. The predicted octanol–water partition coefficient (Wildman–Crippen LogP) is 0.596. The van der Waals surface area contributed by atoms with Crippen LogP contribution >= 0.6 is 0 Å². The lowest BCUT2D eigenvalue weighted by Crippen LogP contribution is -2.38. The van der Waals surface area contributed by atoms with E-state index in [-0.39, 0.29) is 5.54 Å². The number of benzene rings is 1. The Bertz CT molecular complexity index is 263. The number of hydrogen-bond acceptors (Lipinski definition) is 2. The molecular formula is C10H14BNO. The first-order valence-corrected chi connectivity index (χ1v) is 4.25. The normalized spacial score (nSPS) is 11.3. The quantitative estimate of drug-likeness (QED) is 0.682. The molecule has 1 rings (SSSR count). The molecule has 2 N–H and O–H groups in total. The van der Waals surface area contributed by atoms with Gasteiger partial charge in [0.05, 0.1) is 0 Å². The average Bonchev–Trinajstić information content (AvgIpc) is 2.02. The van der Waals surface area contributed by atoms with E-state index in [1.807, 2.05) is 26.0 Å². The van der Waals surface area contributed by atoms with E-state index in [0.717, 1.165) is 11.2 Å². The standard InChI is InChI=1S/C10H14BNO/c1-10(2,12)7-13-9-5-3-8(11)4-6-9/h3-6H,7,12H2,1-2H3. The van der Waals surface area contributed by atoms with Crippen LogP contribution in [0.25, 0.3) is 0 Å². The van der Waals surface area contributed by atoms with E-state index in [9.17, 15) is 0 Å². The van der Waals surface area contributed by atoms with Crippen LogP contribution in [-0.4, -0.2) is 20.0 Å². The Morgan fingerprint density at radius 1 is 1.31 bits per heavy atom. The molecule has 1 aromatic carbocycles. The number of hydrogen-bond donors (Lipinski definition) is 1. The average molecular weight is 175 g/mol. The third-order valence-electron chi connectivity index (χ3n) is 1.49. The third kappa shape index (κ3) is 3.99. The number of nitrogens with two attached hydrogens (primary N) is 1. The van der Waals surface area contributed by atoms with Crippen LogP contribution in [0.15, 0.2) is 24.3 Å². The molecule has 1 aromatic rings. The molecule has 0 atom stereocenters. The molecule has 0 bridgehead atoms. The van der Waals surface area contributed by atoms with Crippen LogP contribution in [0.1, 0.15) is 13.8 Å². The van der Waals surface area contributed by atoms with Crippen molar-refractivity contribution in [1.29, 1.82) is 0 Å². The Labute approximate surface area is 80.5 Å². The van der Waals surface area contributed by atoms with Crippen molar-refractivity contribution in [3.05, 3.63) is 24.3 Å². The minimum absolute atomic E-state index is 0.304. The summed E-state index contributed by atoms with van der Waals surface area (Å²) in [5, 5.41) is 0. The molecule has 2 radical (unpaired) electrons. The van der Waals surface area contributed by atoms with Crippen LogP contribution in [-0.2, 0) is 0 Å². The monoisotopic (exact) mass is 175 g/mol. The van der Waals surface area contributed by atoms with Gasteiger partial charge in [-0.25, -0.2) is 0 Å². The summed E-state index contributed by atoms with van der Waals surface area (Å²) >= 11 is 0. The lowest BCUT2D eigenvalue weighted by molar-refractivity contribution is 0.243. The fourth-order valence-corrected chi connectivity index (χ4v) is 0.833. The van der Waals surface area contributed by atoms with Gasteiger partial charge in [0.2, 0.25) is 0 Å². The van der Waals surface area contributed by atoms with Gasteiger partial charge in [-0.05, 0) is 26.0 Å². The van der Waals surface area contributed by atoms with Gasteiger partial charge >= 0.3 is 0 Å². The maximum atomic E-state index is 5.76. The Hall–Kier alpha value is -0.955. The molecule has 0 heterocycles. The molecule has 0 spiro atoms. The van der Waals surface area contributed by atoms with E-state index in [1.54, 1.807) is 12.1 Å². The highest BCUT2D eigenvalue weighted by molar-refractivity contribution is 6.32. The molecule has 0 fully saturated rings. The van der Waals surface area contributed by atoms with Crippen molar-refractivity contribution in [2.24, 2.45) is 5.73 Å². The van der Waals surface area contributed by atoms with Crippen molar-refractivity contribution in [1.82, 2.24) is 0 Å². The first-order valence-electron chi connectivity index (χ1n) is 4.25. The zero-order valence-electron chi connectivity index (χ0n) is 8.08. The second-order valence-corrected chi connectivity index (χ2v) is 3.85. The Morgan fingerprint density at radius 3 is 2.31 bits per heavy atom. The second kappa shape index (κ2) is 3.84. The summed E-state index contributed by atoms with van der Waals surface area (Å²) in [5.41, 5.74) is 6.19. The zero-order valence-corrected chi connectivity index (χ0v) is 8.08. The molecule has 0 saturated carbocycles. The second-order valence-electron chi connectivity index (χ2n) is 3.85. The Morgan fingerprint density at radius 2 is 1.85 bits per heavy atom. The summed E-state index contributed by atoms with van der Waals surface area (Å²) in [6.07, 6.45) is 0. The van der Waals surface area contributed by atoms with Gasteiger partial charge < -0.3 is 10.5 Å². The van der Waals surface area contributed by atoms with E-state index in [2.05, 4.69) is 0 Å². The highest BCUT2D eigenvalue weighted by Gasteiger charge is 2.10. The topological polar surface area (TPSA) is 35.2 Å². The van der Waals surface area contributed by atoms with Crippen molar-refractivity contribution in [3.63, 3.8) is 0 Å². The van der Waals surface area contributed by atoms with Crippen LogP contribution in [0.2, 0.25) is 0 Å². The molecule has 0 aliphatic rings. The van der Waals surface area contributed by atoms with Crippen molar-refractivity contribution in [2.75, 3.05) is 6.61 Å². The smallest absolute Gasteiger partial charge is 0.119 e. The van der Waals surface area contributed by atoms with Crippen molar-refractivity contribution < 1.29 is 4.74 Å². The predicted molar refractivity (Wildman–Crippen MR) is 55.6 cm³/mol. The molecule has 0 saturated heterocycles. The van der Waals surface area contributed by atoms with E-state index in [1.165, 1.54) is 0 Å². The van der Waals surface area contributed by atoms with Crippen LogP contribution in [0, 0.1) is 0 Å². The molecular weight excluding hydrogens is 161 g/mol. The summed E-state index contributed by atoms with van der Waals surface area (Å²) in [4.78, 5) is 0. The van der Waals surface area contributed by atoms with E-state index >= 15 is 0 Å². The molecule has 3 heteroatoms. The Balaban J connectivity index is 2.51. The van der Waals surface area contributed by atoms with Gasteiger partial charge in [-0.1, -0.05) is 17.6 Å². The fourth-order valence-electron chi connectivity index (χ4n) is 0.833. The molecule has 13 heavy (non-hydrogen) atoms. The summed E-state index contributed by atoms with van der Waals surface area (Å²) in [6.45, 7) is 4.34. The first kappa shape index (κ1) is 10.1. The van der Waals surface area contributed by atoms with Crippen molar-refractivity contribution in [3.8, 4) is 5.75 Å². The molecule has 68 valence electrons. The van der Waals surface area contributed by atoms with Gasteiger partial charge in [0.25, 0.3) is 0 Å². The number of ether oxygens (including phenoxy) is 1. The lowest BCUT2D eigenvalue weighted by Gasteiger charge is -2.18. The summed E-state index contributed by atoms with van der Waals surface area (Å²) in [7, 11) is 5.53. The minimum atomic E-state index is -0.304. The molecule has 0 aliphatic heterocycles. The van der Waals surface area contributed by atoms with Gasteiger partial charge in [0, 0.05) is 5.54 Å². The van der Waals surface area contributed by atoms with Crippen molar-refractivity contribution in [2.45, 2.75) is 19.4 Å². The van der Waals surface area contributed by atoms with Gasteiger partial charge in [-0.15, -0.1) is 0 Å². The van der Waals surface area contributed by atoms with Crippen LogP contribution < -0.4 is 15.9 Å². The van der Waals surface area contributed by atoms with Crippen LogP contribution in [0.5, 0.6) is 5.75 Å². The van der Waals surface area contributed by atoms with Crippen LogP contribution in [0.4, 0.5) is 0 Å². The first-order chi connectivity index (χ1) is 5.97. The Kier molecular flexibility index (Phi) is 2.99. The van der Waals surface area contributed by atoms with Gasteiger partial charge in [-0.2, -0.15) is 0 Å². The van der Waals surface area contributed by atoms with E-state index in [0.29, 0.717) is 6.61 Å². The third-order valence-corrected chi connectivity index (χ3v) is 1.49. The van der Waals surface area contributed by atoms with Crippen molar-refractivity contribution >= 4 is 13.3 Å². The SMILES string of the molecule is [B]c1ccc(OCC(C)(C)N)cc1. The van der Waals surface area contributed by atoms with E-state index < -0.39 is 0 Å². The maximum absolute atomic E-state index is 5.76. The van der Waals surface area contributed by atoms with Gasteiger partial charge in [0.15, 0.2) is 0 Å². The largest absolute Gasteiger partial charge is 0.492 e. The highest BCUT2D eigenvalue weighted by Crippen LogP contribution is 2.09. The molecule has 0 aromatic heterocycles. The zero-order chi connectivity index (χ0) is 9.90. The van der Waals surface area contributed by atoms with Gasteiger partial charge in [0.1, 0.15) is 20.2 Å². The summed E-state index contributed by atoms with van der Waals surface area (Å²) < 4.78 is 5.44. The minimum Gasteiger partial charge on any atom is -0.492 e. The van der Waals surface area contributed by atoms with Crippen LogP contribution in [0.3, 0.4) is 0 Å². The molecule has 0 aliphatic carbocycles. The molecule has 0 amide bonds. The van der Waals surface area contributed by atoms with E-state index in [4.69, 9.17) is 18.3 Å². The fraction of sp³-hybridized carbons (Fsp3) is 0.400. The molecule has 2 nitrogen and oxygen atoms in total. The lowest BCUT2D eigenvalue weighted by atomic mass is 9.97. The molecule has 0 unspecified atom stereocenters. The van der Waals surface area contributed by atoms with Gasteiger partial charge in [-0.3, -0.25) is 0 Å². The maximum Gasteiger partial charge on any atom is 0.119 e. The highest BCUT2D eigenvalue weighted by atomic mass is 16.5. The summed E-state index contributed by atoms with van der Waals surface area (Å²) in [6, 6.07) is 7.28.